The highest BCUT2D eigenvalue weighted by Crippen LogP contribution is 2.31. The summed E-state index contributed by atoms with van der Waals surface area (Å²) in [4.78, 5) is 29.4. The minimum absolute atomic E-state index is 0.0147. The Bertz CT molecular complexity index is 992. The summed E-state index contributed by atoms with van der Waals surface area (Å²) in [5.74, 6) is 0.993. The number of carbonyl (C=O) groups is 1. The van der Waals surface area contributed by atoms with E-state index in [-0.39, 0.29) is 11.7 Å². The average molecular weight is 437 g/mol. The second-order valence-corrected chi connectivity index (χ2v) is 8.68. The van der Waals surface area contributed by atoms with Gasteiger partial charge in [-0.3, -0.25) is 4.79 Å². The minimum Gasteiger partial charge on any atom is -0.355 e. The van der Waals surface area contributed by atoms with E-state index < -0.39 is 0 Å². The van der Waals surface area contributed by atoms with E-state index in [1.165, 1.54) is 31.0 Å². The number of hydrogen-bond donors (Lipinski definition) is 0. The van der Waals surface area contributed by atoms with Gasteiger partial charge in [-0.05, 0) is 38.0 Å². The van der Waals surface area contributed by atoms with Crippen molar-refractivity contribution in [3.05, 3.63) is 54.4 Å². The normalized spacial score (nSPS) is 16.1. The fraction of sp³-hybridized carbons (Fsp3) is 0.440. The van der Waals surface area contributed by atoms with Crippen LogP contribution in [-0.4, -0.2) is 40.1 Å². The number of thioether (sulfide) groups is 1. The molecule has 1 aliphatic rings. The second kappa shape index (κ2) is 11.2. The third kappa shape index (κ3) is 5.82. The summed E-state index contributed by atoms with van der Waals surface area (Å²) in [5.41, 5.74) is 2.45. The summed E-state index contributed by atoms with van der Waals surface area (Å²) in [6.45, 7) is 9.92. The lowest BCUT2D eigenvalue weighted by atomic mass is 9.95. The number of rotatable bonds is 9. The molecular weight excluding hydrogens is 404 g/mol. The highest BCUT2D eigenvalue weighted by Gasteiger charge is 2.21. The third-order valence-corrected chi connectivity index (χ3v) is 6.13. The molecule has 0 N–H and O–H groups in total. The Morgan fingerprint density at radius 1 is 1.29 bits per heavy atom. The molecule has 0 saturated carbocycles. The van der Waals surface area contributed by atoms with Gasteiger partial charge in [0.1, 0.15) is 5.52 Å². The predicted octanol–water partition coefficient (Wildman–Crippen LogP) is 5.88. The van der Waals surface area contributed by atoms with E-state index in [4.69, 9.17) is 9.97 Å². The van der Waals surface area contributed by atoms with E-state index in [1.54, 1.807) is 6.08 Å². The van der Waals surface area contributed by atoms with Crippen LogP contribution in [0.3, 0.4) is 0 Å². The smallest absolute Gasteiger partial charge is 0.187 e. The molecule has 0 unspecified atom stereocenters. The van der Waals surface area contributed by atoms with Crippen molar-refractivity contribution in [1.29, 1.82) is 0 Å². The van der Waals surface area contributed by atoms with Crippen molar-refractivity contribution in [3.8, 4) is 0 Å². The lowest BCUT2D eigenvalue weighted by Crippen LogP contribution is -2.31. The molecular formula is C25H32N4OS. The number of carbonyl (C=O) groups excluding carboxylic acids is 1. The average Bonchev–Trinajstić information content (AvgIpc) is 2.81. The fourth-order valence-electron chi connectivity index (χ4n) is 3.79. The first-order chi connectivity index (χ1) is 15.1. The number of piperidine rings is 1. The number of hydrogen-bond acceptors (Lipinski definition) is 6. The maximum absolute atomic E-state index is 12.8. The SMILES string of the molecule is C=C/C(=C\C=C/CC)C(=O)C[C@H](C)c1cc2cnc(SC)nc2c(N2CCCCC2)n1. The van der Waals surface area contributed by atoms with Crippen LogP contribution < -0.4 is 4.90 Å². The summed E-state index contributed by atoms with van der Waals surface area (Å²) in [6.07, 6.45) is 16.2. The fourth-order valence-corrected chi connectivity index (χ4v) is 4.13. The Labute approximate surface area is 189 Å². The Morgan fingerprint density at radius 2 is 2.06 bits per heavy atom. The van der Waals surface area contributed by atoms with Gasteiger partial charge < -0.3 is 4.90 Å². The minimum atomic E-state index is -0.0147. The molecule has 6 heteroatoms. The van der Waals surface area contributed by atoms with Crippen molar-refractivity contribution in [1.82, 2.24) is 15.0 Å². The van der Waals surface area contributed by atoms with Crippen molar-refractivity contribution in [3.63, 3.8) is 0 Å². The molecule has 1 saturated heterocycles. The van der Waals surface area contributed by atoms with Crippen LogP contribution >= 0.6 is 11.8 Å². The Morgan fingerprint density at radius 3 is 2.74 bits per heavy atom. The highest BCUT2D eigenvalue weighted by atomic mass is 32.2. The van der Waals surface area contributed by atoms with Gasteiger partial charge in [-0.15, -0.1) is 0 Å². The monoisotopic (exact) mass is 436 g/mol. The quantitative estimate of drug-likeness (QED) is 0.212. The van der Waals surface area contributed by atoms with Gasteiger partial charge in [-0.1, -0.05) is 56.5 Å². The molecule has 2 aromatic heterocycles. The van der Waals surface area contributed by atoms with Crippen LogP contribution in [0.2, 0.25) is 0 Å². The maximum Gasteiger partial charge on any atom is 0.187 e. The number of anilines is 1. The Balaban J connectivity index is 1.93. The van der Waals surface area contributed by atoms with Gasteiger partial charge in [0.05, 0.1) is 0 Å². The number of fused-ring (bicyclic) bond motifs is 1. The third-order valence-electron chi connectivity index (χ3n) is 5.57. The molecule has 0 radical (unpaired) electrons. The van der Waals surface area contributed by atoms with Crippen LogP contribution in [0.15, 0.2) is 53.9 Å². The van der Waals surface area contributed by atoms with Crippen LogP contribution in [0.1, 0.15) is 57.6 Å². The first-order valence-corrected chi connectivity index (χ1v) is 12.3. The number of Topliss-reactive ketones (excluding diaryl/α,β-unsaturated/α-hetero) is 1. The van der Waals surface area contributed by atoms with Crippen LogP contribution in [0.25, 0.3) is 10.9 Å². The van der Waals surface area contributed by atoms with Gasteiger partial charge in [0.15, 0.2) is 16.8 Å². The molecule has 0 aliphatic carbocycles. The van der Waals surface area contributed by atoms with E-state index in [0.29, 0.717) is 12.0 Å². The van der Waals surface area contributed by atoms with Crippen molar-refractivity contribution < 1.29 is 4.79 Å². The zero-order valence-electron chi connectivity index (χ0n) is 18.8. The van der Waals surface area contributed by atoms with Crippen LogP contribution in [0, 0.1) is 0 Å². The summed E-state index contributed by atoms with van der Waals surface area (Å²) < 4.78 is 0. The van der Waals surface area contributed by atoms with Crippen molar-refractivity contribution in [2.75, 3.05) is 24.2 Å². The second-order valence-electron chi connectivity index (χ2n) is 7.90. The number of pyridine rings is 1. The lowest BCUT2D eigenvalue weighted by molar-refractivity contribution is -0.115. The predicted molar refractivity (Wildman–Crippen MR) is 131 cm³/mol. The van der Waals surface area contributed by atoms with E-state index in [1.807, 2.05) is 36.7 Å². The molecule has 164 valence electrons. The van der Waals surface area contributed by atoms with Crippen molar-refractivity contribution in [2.24, 2.45) is 0 Å². The molecule has 5 nitrogen and oxygen atoms in total. The molecule has 2 aromatic rings. The molecule has 3 heterocycles. The number of aromatic nitrogens is 3. The van der Waals surface area contributed by atoms with E-state index in [2.05, 4.69) is 30.3 Å². The number of ketones is 1. The van der Waals surface area contributed by atoms with Crippen molar-refractivity contribution >= 4 is 34.3 Å². The van der Waals surface area contributed by atoms with E-state index in [9.17, 15) is 4.79 Å². The van der Waals surface area contributed by atoms with Crippen LogP contribution in [-0.2, 0) is 4.79 Å². The van der Waals surface area contributed by atoms with Gasteiger partial charge in [0.25, 0.3) is 0 Å². The maximum atomic E-state index is 12.8. The Kier molecular flexibility index (Phi) is 8.41. The molecule has 0 aromatic carbocycles. The zero-order valence-corrected chi connectivity index (χ0v) is 19.6. The Hall–Kier alpha value is -2.47. The summed E-state index contributed by atoms with van der Waals surface area (Å²) in [6, 6.07) is 2.04. The molecule has 31 heavy (non-hydrogen) atoms. The molecule has 1 fully saturated rings. The number of allylic oxidation sites excluding steroid dienone is 5. The van der Waals surface area contributed by atoms with Gasteiger partial charge in [0.2, 0.25) is 0 Å². The largest absolute Gasteiger partial charge is 0.355 e. The van der Waals surface area contributed by atoms with Gasteiger partial charge in [0, 0.05) is 48.3 Å². The molecule has 1 aliphatic heterocycles. The first-order valence-electron chi connectivity index (χ1n) is 11.1. The molecule has 1 atom stereocenters. The lowest BCUT2D eigenvalue weighted by Gasteiger charge is -2.29. The first kappa shape index (κ1) is 23.2. The van der Waals surface area contributed by atoms with E-state index >= 15 is 0 Å². The molecule has 0 amide bonds. The molecule has 0 bridgehead atoms. The number of nitrogens with zero attached hydrogens (tertiary/aromatic N) is 4. The zero-order chi connectivity index (χ0) is 22.2. The van der Waals surface area contributed by atoms with Crippen molar-refractivity contribution in [2.45, 2.75) is 57.0 Å². The van der Waals surface area contributed by atoms with Gasteiger partial charge in [-0.2, -0.15) is 0 Å². The van der Waals surface area contributed by atoms with Crippen LogP contribution in [0.5, 0.6) is 0 Å². The summed E-state index contributed by atoms with van der Waals surface area (Å²) >= 11 is 1.54. The highest BCUT2D eigenvalue weighted by molar-refractivity contribution is 7.98. The summed E-state index contributed by atoms with van der Waals surface area (Å²) in [7, 11) is 0. The molecule has 3 rings (SSSR count). The molecule has 0 spiro atoms. The standard InChI is InChI=1S/C25H32N4OS/c1-5-7-9-12-19(6-2)22(30)15-18(3)21-16-20-17-26-25(31-4)28-23(20)24(27-21)29-13-10-8-11-14-29/h6-7,9,12,16-18H,2,5,8,10-11,13-15H2,1,3-4H3/b9-7-,19-12+/t18-/m0/s1. The van der Waals surface area contributed by atoms with E-state index in [0.717, 1.165) is 47.1 Å². The van der Waals surface area contributed by atoms with Crippen LogP contribution in [0.4, 0.5) is 5.82 Å². The summed E-state index contributed by atoms with van der Waals surface area (Å²) in [5, 5.41) is 1.73. The van der Waals surface area contributed by atoms with Gasteiger partial charge in [-0.25, -0.2) is 15.0 Å². The van der Waals surface area contributed by atoms with Gasteiger partial charge >= 0.3 is 0 Å². The topological polar surface area (TPSA) is 59.0 Å².